The summed E-state index contributed by atoms with van der Waals surface area (Å²) < 4.78 is 9.79. The van der Waals surface area contributed by atoms with Crippen LogP contribution in [0.1, 0.15) is 24.7 Å². The number of hydrogen-bond donors (Lipinski definition) is 1. The van der Waals surface area contributed by atoms with E-state index < -0.39 is 0 Å². The summed E-state index contributed by atoms with van der Waals surface area (Å²) in [5, 5.41) is 0. The van der Waals surface area contributed by atoms with Crippen LogP contribution in [0.3, 0.4) is 0 Å². The smallest absolute Gasteiger partial charge is 0.347 e. The first-order chi connectivity index (χ1) is 11.2. The van der Waals surface area contributed by atoms with Gasteiger partial charge in [-0.15, -0.1) is 0 Å². The highest BCUT2D eigenvalue weighted by atomic mass is 16.5. The summed E-state index contributed by atoms with van der Waals surface area (Å²) in [6.07, 6.45) is 10.5. The molecule has 3 rings (SSSR count). The average Bonchev–Trinajstić information content (AvgIpc) is 2.99. The Morgan fingerprint density at radius 2 is 2.35 bits per heavy atom. The summed E-state index contributed by atoms with van der Waals surface area (Å²) in [5.41, 5.74) is 2.97. The molecule has 0 aliphatic carbocycles. The molecule has 1 N–H and O–H groups in total. The van der Waals surface area contributed by atoms with Gasteiger partial charge >= 0.3 is 17.7 Å². The number of nitrogens with one attached hydrogen (secondary N) is 1. The lowest BCUT2D eigenvalue weighted by atomic mass is 10.1. The fraction of sp³-hybridized carbons (Fsp3) is 0.294. The minimum Gasteiger partial charge on any atom is -0.347 e. The van der Waals surface area contributed by atoms with Gasteiger partial charge in [-0.1, -0.05) is 31.7 Å². The summed E-state index contributed by atoms with van der Waals surface area (Å²) in [6.45, 7) is 6.79. The van der Waals surface area contributed by atoms with Gasteiger partial charge in [0.1, 0.15) is 0 Å². The maximum Gasteiger partial charge on any atom is 0.568 e. The SMILES string of the molecule is C=C/C=C\C=C(/CC)C1=[N+]=C(C(=O)N2CCc3nc[nH]c3C2)O1. The second-order valence-corrected chi connectivity index (χ2v) is 5.29. The molecule has 0 atom stereocenters. The van der Waals surface area contributed by atoms with Gasteiger partial charge in [0.25, 0.3) is 0 Å². The van der Waals surface area contributed by atoms with Crippen LogP contribution in [0.25, 0.3) is 0 Å². The maximum absolute atomic E-state index is 12.4. The van der Waals surface area contributed by atoms with E-state index in [4.69, 9.17) is 4.74 Å². The highest BCUT2D eigenvalue weighted by Crippen LogP contribution is 2.16. The van der Waals surface area contributed by atoms with Gasteiger partial charge in [0.2, 0.25) is 0 Å². The zero-order chi connectivity index (χ0) is 16.2. The molecular formula is C17H19N4O2+. The summed E-state index contributed by atoms with van der Waals surface area (Å²) in [7, 11) is 0. The van der Waals surface area contributed by atoms with Gasteiger partial charge in [-0.3, -0.25) is 4.79 Å². The van der Waals surface area contributed by atoms with Crippen LogP contribution in [-0.4, -0.2) is 39.1 Å². The number of carbonyl (C=O) groups is 1. The van der Waals surface area contributed by atoms with Crippen molar-refractivity contribution in [1.29, 1.82) is 0 Å². The number of fused-ring (bicyclic) bond motifs is 1. The molecule has 1 aromatic heterocycles. The number of amides is 1. The van der Waals surface area contributed by atoms with Gasteiger partial charge in [0.15, 0.2) is 0 Å². The number of aromatic amines is 1. The largest absolute Gasteiger partial charge is 0.568 e. The molecule has 0 radical (unpaired) electrons. The second kappa shape index (κ2) is 6.50. The second-order valence-electron chi connectivity index (χ2n) is 5.29. The fourth-order valence-corrected chi connectivity index (χ4v) is 2.53. The number of rotatable bonds is 5. The quantitative estimate of drug-likeness (QED) is 0.657. The molecule has 2 aliphatic rings. The molecule has 3 heterocycles. The molecule has 23 heavy (non-hydrogen) atoms. The van der Waals surface area contributed by atoms with Crippen molar-refractivity contribution in [2.45, 2.75) is 26.3 Å². The van der Waals surface area contributed by atoms with Gasteiger partial charge in [-0.2, -0.15) is 0 Å². The number of allylic oxidation sites excluding steroid dienone is 4. The van der Waals surface area contributed by atoms with Crippen LogP contribution in [0.2, 0.25) is 0 Å². The molecule has 118 valence electrons. The summed E-state index contributed by atoms with van der Waals surface area (Å²) in [5.74, 6) is 0.505. The van der Waals surface area contributed by atoms with E-state index >= 15 is 0 Å². The van der Waals surface area contributed by atoms with Crippen LogP contribution in [0, 0.1) is 0 Å². The first-order valence-electron chi connectivity index (χ1n) is 7.65. The van der Waals surface area contributed by atoms with Gasteiger partial charge in [0, 0.05) is 17.6 Å². The Morgan fingerprint density at radius 1 is 1.52 bits per heavy atom. The Morgan fingerprint density at radius 3 is 3.09 bits per heavy atom. The number of imidazole rings is 1. The molecule has 2 aliphatic heterocycles. The first-order valence-corrected chi connectivity index (χ1v) is 7.65. The van der Waals surface area contributed by atoms with E-state index in [2.05, 4.69) is 21.2 Å². The standard InChI is InChI=1S/C17H18N4O2/c1-3-5-6-7-12(4-2)15-20-16(23-15)17(22)21-9-8-13-14(10-21)19-11-18-13/h3,5-7,11H,1,4,8-10H2,2H3/p+1/b6-5-,12-7+. The molecule has 6 nitrogen and oxygen atoms in total. The predicted molar refractivity (Wildman–Crippen MR) is 88.7 cm³/mol. The molecule has 0 bridgehead atoms. The van der Waals surface area contributed by atoms with Crippen molar-refractivity contribution < 1.29 is 9.53 Å². The van der Waals surface area contributed by atoms with Crippen molar-refractivity contribution >= 4 is 17.7 Å². The van der Waals surface area contributed by atoms with E-state index in [-0.39, 0.29) is 11.8 Å². The van der Waals surface area contributed by atoms with Gasteiger partial charge in [0.05, 0.1) is 29.8 Å². The lowest BCUT2D eigenvalue weighted by Gasteiger charge is -2.24. The third-order valence-corrected chi connectivity index (χ3v) is 3.84. The van der Waals surface area contributed by atoms with Crippen LogP contribution in [0.5, 0.6) is 0 Å². The van der Waals surface area contributed by atoms with E-state index in [0.717, 1.165) is 29.8 Å². The maximum atomic E-state index is 12.4. The van der Waals surface area contributed by atoms with Gasteiger partial charge in [-0.05, 0) is 12.5 Å². The van der Waals surface area contributed by atoms with Crippen LogP contribution in [0.4, 0.5) is 0 Å². The molecule has 0 saturated carbocycles. The number of nitrogens with zero attached hydrogens (tertiary/aromatic N) is 3. The van der Waals surface area contributed by atoms with Crippen molar-refractivity contribution in [3.8, 4) is 0 Å². The molecular weight excluding hydrogens is 292 g/mol. The lowest BCUT2D eigenvalue weighted by Crippen LogP contribution is -2.46. The minimum atomic E-state index is -0.175. The van der Waals surface area contributed by atoms with E-state index in [1.807, 2.05) is 25.2 Å². The van der Waals surface area contributed by atoms with Gasteiger partial charge in [-0.25, -0.2) is 4.98 Å². The monoisotopic (exact) mass is 311 g/mol. The number of aromatic nitrogens is 2. The first kappa shape index (κ1) is 15.1. The Bertz CT molecular complexity index is 763. The Kier molecular flexibility index (Phi) is 4.26. The van der Waals surface area contributed by atoms with Gasteiger partial charge < -0.3 is 14.6 Å². The van der Waals surface area contributed by atoms with Crippen LogP contribution < -0.4 is 4.67 Å². The normalized spacial score (nSPS) is 17.1. The molecule has 0 saturated heterocycles. The van der Waals surface area contributed by atoms with Crippen LogP contribution in [-0.2, 0) is 22.5 Å². The molecule has 1 aromatic rings. The van der Waals surface area contributed by atoms with Crippen molar-refractivity contribution in [1.82, 2.24) is 19.5 Å². The highest BCUT2D eigenvalue weighted by molar-refractivity contribution is 6.40. The van der Waals surface area contributed by atoms with Crippen molar-refractivity contribution in [3.63, 3.8) is 0 Å². The molecule has 0 fully saturated rings. The average molecular weight is 311 g/mol. The van der Waals surface area contributed by atoms with Crippen molar-refractivity contribution in [2.75, 3.05) is 6.54 Å². The van der Waals surface area contributed by atoms with E-state index in [0.29, 0.717) is 19.0 Å². The lowest BCUT2D eigenvalue weighted by molar-refractivity contribution is -0.126. The number of ether oxygens (including phenoxy) is 1. The van der Waals surface area contributed by atoms with E-state index in [9.17, 15) is 4.79 Å². The number of hydrogen-bond acceptors (Lipinski definition) is 3. The number of H-pyrrole nitrogens is 1. The number of carbonyl (C=O) groups excluding carboxylic acids is 1. The third-order valence-electron chi connectivity index (χ3n) is 3.84. The fourth-order valence-electron chi connectivity index (χ4n) is 2.53. The molecule has 1 amide bonds. The van der Waals surface area contributed by atoms with Crippen molar-refractivity contribution in [3.05, 3.63) is 54.2 Å². The summed E-state index contributed by atoms with van der Waals surface area (Å²) >= 11 is 0. The zero-order valence-corrected chi connectivity index (χ0v) is 13.1. The van der Waals surface area contributed by atoms with Crippen LogP contribution >= 0.6 is 0 Å². The highest BCUT2D eigenvalue weighted by Gasteiger charge is 2.43. The predicted octanol–water partition coefficient (Wildman–Crippen LogP) is 1.27. The third kappa shape index (κ3) is 3.03. The molecule has 0 spiro atoms. The van der Waals surface area contributed by atoms with Crippen molar-refractivity contribution in [2.24, 2.45) is 0 Å². The van der Waals surface area contributed by atoms with Crippen LogP contribution in [0.15, 0.2) is 42.8 Å². The van der Waals surface area contributed by atoms with E-state index in [1.54, 1.807) is 17.3 Å². The Labute approximate surface area is 134 Å². The zero-order valence-electron chi connectivity index (χ0n) is 13.1. The Hall–Kier alpha value is -2.85. The van der Waals surface area contributed by atoms with E-state index in [1.165, 1.54) is 0 Å². The Balaban J connectivity index is 1.72. The topological polar surface area (TPSA) is 72.3 Å². The summed E-state index contributed by atoms with van der Waals surface area (Å²) in [6, 6.07) is 0. The molecule has 6 heteroatoms. The molecule has 0 aromatic carbocycles. The summed E-state index contributed by atoms with van der Waals surface area (Å²) in [4.78, 5) is 21.4. The minimum absolute atomic E-state index is 0.162. The molecule has 0 unspecified atom stereocenters.